The number of halogens is 6. The first-order valence-corrected chi connectivity index (χ1v) is 10.1. The molecule has 0 atom stereocenters. The van der Waals surface area contributed by atoms with Crippen molar-refractivity contribution in [1.29, 1.82) is 0 Å². The molecule has 178 valence electrons. The van der Waals surface area contributed by atoms with Gasteiger partial charge in [-0.1, -0.05) is 12.1 Å². The van der Waals surface area contributed by atoms with Gasteiger partial charge in [-0.15, -0.1) is 0 Å². The van der Waals surface area contributed by atoms with Crippen molar-refractivity contribution in [3.8, 4) is 16.9 Å². The molecular formula is C25H15F6N3O. The molecule has 2 aromatic carbocycles. The van der Waals surface area contributed by atoms with E-state index in [9.17, 15) is 31.1 Å². The Morgan fingerprint density at radius 2 is 1.43 bits per heavy atom. The Hall–Kier alpha value is -4.21. The van der Waals surface area contributed by atoms with Crippen molar-refractivity contribution in [2.75, 3.05) is 0 Å². The molecule has 0 bridgehead atoms. The van der Waals surface area contributed by atoms with Crippen molar-refractivity contribution in [1.82, 2.24) is 14.8 Å². The van der Waals surface area contributed by atoms with Gasteiger partial charge in [-0.05, 0) is 60.7 Å². The monoisotopic (exact) mass is 487 g/mol. The molecule has 0 saturated carbocycles. The third-order valence-electron chi connectivity index (χ3n) is 5.05. The second-order valence-corrected chi connectivity index (χ2v) is 7.44. The Morgan fingerprint density at radius 3 is 1.97 bits per heavy atom. The van der Waals surface area contributed by atoms with Gasteiger partial charge in [0.05, 0.1) is 16.8 Å². The number of carbonyl (C=O) groups is 1. The highest BCUT2D eigenvalue weighted by Crippen LogP contribution is 2.31. The molecule has 0 fully saturated rings. The number of alkyl halides is 6. The minimum atomic E-state index is -4.51. The number of aromatic nitrogens is 3. The molecule has 0 saturated heterocycles. The van der Waals surface area contributed by atoms with E-state index in [-0.39, 0.29) is 5.56 Å². The number of allylic oxidation sites excluding steroid dienone is 1. The molecule has 4 aromatic rings. The quantitative estimate of drug-likeness (QED) is 0.175. The summed E-state index contributed by atoms with van der Waals surface area (Å²) in [5.74, 6) is -0.529. The van der Waals surface area contributed by atoms with Crippen LogP contribution in [0.25, 0.3) is 23.0 Å². The number of ketones is 1. The first kappa shape index (κ1) is 23.9. The van der Waals surface area contributed by atoms with E-state index in [0.717, 1.165) is 36.4 Å². The molecule has 2 heterocycles. The van der Waals surface area contributed by atoms with E-state index in [4.69, 9.17) is 0 Å². The minimum Gasteiger partial charge on any atom is -0.289 e. The zero-order valence-corrected chi connectivity index (χ0v) is 17.7. The van der Waals surface area contributed by atoms with Gasteiger partial charge in [0.1, 0.15) is 5.69 Å². The van der Waals surface area contributed by atoms with Crippen molar-refractivity contribution in [2.45, 2.75) is 12.4 Å². The lowest BCUT2D eigenvalue weighted by Gasteiger charge is -2.07. The molecule has 0 aliphatic heterocycles. The first-order chi connectivity index (χ1) is 16.5. The third-order valence-corrected chi connectivity index (χ3v) is 5.05. The Kier molecular flexibility index (Phi) is 6.29. The summed E-state index contributed by atoms with van der Waals surface area (Å²) in [5, 5.41) is 4.44. The SMILES string of the molecule is O=C(C=Cc1cn(-c2ccc(C(F)(F)F)cc2)nc1-c1cccnc1)c1ccc(C(F)(F)F)cc1. The standard InChI is InChI=1S/C25H15F6N3O/c26-24(27,28)19-6-3-16(4-7-19)22(35)12-5-18-15-34(33-23(18)17-2-1-13-32-14-17)21-10-8-20(9-11-21)25(29,30)31/h1-15H. The van der Waals surface area contributed by atoms with Crippen LogP contribution in [0.5, 0.6) is 0 Å². The maximum Gasteiger partial charge on any atom is 0.416 e. The third kappa shape index (κ3) is 5.48. The van der Waals surface area contributed by atoms with Gasteiger partial charge in [-0.25, -0.2) is 4.68 Å². The van der Waals surface area contributed by atoms with Gasteiger partial charge in [0, 0.05) is 35.3 Å². The fourth-order valence-electron chi connectivity index (χ4n) is 3.26. The number of benzene rings is 2. The van der Waals surface area contributed by atoms with Gasteiger partial charge in [0.25, 0.3) is 0 Å². The smallest absolute Gasteiger partial charge is 0.289 e. The van der Waals surface area contributed by atoms with E-state index in [1.165, 1.54) is 41.4 Å². The first-order valence-electron chi connectivity index (χ1n) is 10.1. The van der Waals surface area contributed by atoms with Crippen molar-refractivity contribution < 1.29 is 31.1 Å². The summed E-state index contributed by atoms with van der Waals surface area (Å²) < 4.78 is 78.3. The molecule has 4 rings (SSSR count). The molecule has 0 spiro atoms. The summed E-state index contributed by atoms with van der Waals surface area (Å²) >= 11 is 0. The van der Waals surface area contributed by atoms with Gasteiger partial charge < -0.3 is 0 Å². The molecule has 35 heavy (non-hydrogen) atoms. The highest BCUT2D eigenvalue weighted by molar-refractivity contribution is 6.07. The van der Waals surface area contributed by atoms with Gasteiger partial charge >= 0.3 is 12.4 Å². The Morgan fingerprint density at radius 1 is 0.829 bits per heavy atom. The maximum atomic E-state index is 12.9. The van der Waals surface area contributed by atoms with E-state index in [2.05, 4.69) is 10.1 Å². The van der Waals surface area contributed by atoms with Gasteiger partial charge in [-0.2, -0.15) is 31.4 Å². The van der Waals surface area contributed by atoms with Crippen LogP contribution in [0.4, 0.5) is 26.3 Å². The lowest BCUT2D eigenvalue weighted by atomic mass is 10.1. The molecule has 0 aliphatic carbocycles. The van der Waals surface area contributed by atoms with Crippen molar-refractivity contribution >= 4 is 11.9 Å². The van der Waals surface area contributed by atoms with Crippen LogP contribution in [0.15, 0.2) is 85.3 Å². The van der Waals surface area contributed by atoms with Crippen LogP contribution in [0.2, 0.25) is 0 Å². The van der Waals surface area contributed by atoms with Crippen LogP contribution in [-0.2, 0) is 12.4 Å². The van der Waals surface area contributed by atoms with Crippen molar-refractivity contribution in [2.24, 2.45) is 0 Å². The summed E-state index contributed by atoms with van der Waals surface area (Å²) in [5.41, 5.74) is 0.217. The highest BCUT2D eigenvalue weighted by atomic mass is 19.4. The van der Waals surface area contributed by atoms with Crippen LogP contribution in [0.1, 0.15) is 27.0 Å². The fourth-order valence-corrected chi connectivity index (χ4v) is 3.26. The van der Waals surface area contributed by atoms with Crippen LogP contribution in [-0.4, -0.2) is 20.5 Å². The lowest BCUT2D eigenvalue weighted by molar-refractivity contribution is -0.138. The second kappa shape index (κ2) is 9.21. The summed E-state index contributed by atoms with van der Waals surface area (Å²) in [7, 11) is 0. The van der Waals surface area contributed by atoms with Crippen LogP contribution in [0, 0.1) is 0 Å². The molecule has 0 unspecified atom stereocenters. The van der Waals surface area contributed by atoms with Crippen LogP contribution >= 0.6 is 0 Å². The predicted molar refractivity (Wildman–Crippen MR) is 117 cm³/mol. The average Bonchev–Trinajstić information content (AvgIpc) is 3.26. The van der Waals surface area contributed by atoms with E-state index in [1.54, 1.807) is 18.3 Å². The Bertz CT molecular complexity index is 1350. The summed E-state index contributed by atoms with van der Waals surface area (Å²) in [6.45, 7) is 0. The second-order valence-electron chi connectivity index (χ2n) is 7.44. The maximum absolute atomic E-state index is 12.9. The molecule has 10 heteroatoms. The molecule has 0 radical (unpaired) electrons. The lowest BCUT2D eigenvalue weighted by Crippen LogP contribution is -2.05. The Labute approximate surface area is 195 Å². The molecule has 0 aliphatic rings. The highest BCUT2D eigenvalue weighted by Gasteiger charge is 2.31. The number of hydrogen-bond acceptors (Lipinski definition) is 3. The molecule has 0 amide bonds. The van der Waals surface area contributed by atoms with Gasteiger partial charge in [0.15, 0.2) is 5.78 Å². The largest absolute Gasteiger partial charge is 0.416 e. The molecular weight excluding hydrogens is 472 g/mol. The minimum absolute atomic E-state index is 0.0623. The van der Waals surface area contributed by atoms with E-state index in [1.807, 2.05) is 0 Å². The van der Waals surface area contributed by atoms with Crippen molar-refractivity contribution in [3.63, 3.8) is 0 Å². The number of hydrogen-bond donors (Lipinski definition) is 0. The Balaban J connectivity index is 1.66. The fraction of sp³-hybridized carbons (Fsp3) is 0.0800. The van der Waals surface area contributed by atoms with E-state index >= 15 is 0 Å². The van der Waals surface area contributed by atoms with E-state index in [0.29, 0.717) is 22.5 Å². The summed E-state index contributed by atoms with van der Waals surface area (Å²) in [6.07, 6.45) is -1.73. The summed E-state index contributed by atoms with van der Waals surface area (Å²) in [6, 6.07) is 11.6. The normalized spacial score (nSPS) is 12.3. The number of carbonyl (C=O) groups excluding carboxylic acids is 1. The zero-order chi connectivity index (χ0) is 25.2. The number of pyridine rings is 1. The van der Waals surface area contributed by atoms with Crippen LogP contribution < -0.4 is 0 Å². The average molecular weight is 487 g/mol. The van der Waals surface area contributed by atoms with Gasteiger partial charge in [-0.3, -0.25) is 9.78 Å². The van der Waals surface area contributed by atoms with Crippen LogP contribution in [0.3, 0.4) is 0 Å². The zero-order valence-electron chi connectivity index (χ0n) is 17.7. The number of rotatable bonds is 5. The number of nitrogens with zero attached hydrogens (tertiary/aromatic N) is 3. The predicted octanol–water partition coefficient (Wildman–Crippen LogP) is 6.87. The van der Waals surface area contributed by atoms with Crippen molar-refractivity contribution in [3.05, 3.63) is 108 Å². The molecule has 4 nitrogen and oxygen atoms in total. The van der Waals surface area contributed by atoms with Gasteiger partial charge in [0.2, 0.25) is 0 Å². The molecule has 0 N–H and O–H groups in total. The summed E-state index contributed by atoms with van der Waals surface area (Å²) in [4.78, 5) is 16.6. The van der Waals surface area contributed by atoms with E-state index < -0.39 is 29.3 Å². The molecule has 2 aromatic heterocycles. The topological polar surface area (TPSA) is 47.8 Å².